The van der Waals surface area contributed by atoms with Gasteiger partial charge in [-0.25, -0.2) is 19.7 Å². The molecule has 0 aromatic rings. The van der Waals surface area contributed by atoms with E-state index in [2.05, 4.69) is 15.0 Å². The fourth-order valence-corrected chi connectivity index (χ4v) is 2.82. The van der Waals surface area contributed by atoms with Crippen molar-refractivity contribution in [1.29, 1.82) is 5.41 Å². The van der Waals surface area contributed by atoms with Crippen LogP contribution in [0.25, 0.3) is 0 Å². The first-order valence-electron chi connectivity index (χ1n) is 8.11. The maximum Gasteiger partial charge on any atom is 0.352 e. The number of amidine groups is 2. The Kier molecular flexibility index (Phi) is 5.50. The Morgan fingerprint density at radius 3 is 2.96 bits per heavy atom. The predicted octanol–water partition coefficient (Wildman–Crippen LogP) is -2.06. The van der Waals surface area contributed by atoms with Crippen LogP contribution in [0.1, 0.15) is 6.42 Å². The average molecular weight is 367 g/mol. The molecule has 5 N–H and O–H groups in total. The SMILES string of the molecule is CN(C[C@H]1O[C@@H](N2C(=O)N=C3C(=N)N=CN=C32)[C@H](O)[C@@H]1O)OCCCN. The number of fused-ring (bicyclic) bond motifs is 1. The van der Waals surface area contributed by atoms with Crippen LogP contribution in [0.4, 0.5) is 4.79 Å². The van der Waals surface area contributed by atoms with Crippen molar-refractivity contribution in [1.82, 2.24) is 9.96 Å². The third-order valence-corrected chi connectivity index (χ3v) is 4.13. The van der Waals surface area contributed by atoms with Gasteiger partial charge in [0.1, 0.15) is 24.7 Å². The molecule has 0 aromatic carbocycles. The van der Waals surface area contributed by atoms with Gasteiger partial charge < -0.3 is 20.7 Å². The van der Waals surface area contributed by atoms with Crippen molar-refractivity contribution in [2.24, 2.45) is 20.7 Å². The first-order chi connectivity index (χ1) is 12.4. The van der Waals surface area contributed by atoms with Crippen molar-refractivity contribution in [2.45, 2.75) is 31.0 Å². The highest BCUT2D eigenvalue weighted by atomic mass is 16.7. The van der Waals surface area contributed by atoms with E-state index in [1.807, 2.05) is 0 Å². The molecule has 3 heterocycles. The Morgan fingerprint density at radius 2 is 2.23 bits per heavy atom. The quantitative estimate of drug-likeness (QED) is 0.296. The van der Waals surface area contributed by atoms with Crippen molar-refractivity contribution in [3.8, 4) is 0 Å². The lowest BCUT2D eigenvalue weighted by Gasteiger charge is -2.26. The highest BCUT2D eigenvalue weighted by Crippen LogP contribution is 2.28. The van der Waals surface area contributed by atoms with Gasteiger partial charge in [0, 0.05) is 7.05 Å². The molecule has 1 saturated heterocycles. The number of ether oxygens (including phenoxy) is 1. The molecule has 26 heavy (non-hydrogen) atoms. The minimum atomic E-state index is -1.37. The minimum Gasteiger partial charge on any atom is -0.387 e. The van der Waals surface area contributed by atoms with Crippen molar-refractivity contribution < 1.29 is 24.6 Å². The number of carbonyl (C=O) groups excluding carboxylic acids is 1. The monoisotopic (exact) mass is 367 g/mol. The average Bonchev–Trinajstić information content (AvgIpc) is 3.07. The number of aliphatic imine (C=N–C) groups is 3. The van der Waals surface area contributed by atoms with Crippen molar-refractivity contribution in [2.75, 3.05) is 26.7 Å². The zero-order valence-corrected chi connectivity index (χ0v) is 14.1. The summed E-state index contributed by atoms with van der Waals surface area (Å²) in [6, 6.07) is -0.738. The normalized spacial score (nSPS) is 30.9. The van der Waals surface area contributed by atoms with Crippen molar-refractivity contribution in [3.05, 3.63) is 0 Å². The minimum absolute atomic E-state index is 0.00785. The van der Waals surface area contributed by atoms with Gasteiger partial charge >= 0.3 is 6.03 Å². The fraction of sp³-hybridized carbons (Fsp3) is 0.643. The molecule has 3 rings (SSSR count). The molecule has 0 spiro atoms. The molecule has 0 aromatic heterocycles. The van der Waals surface area contributed by atoms with Crippen LogP contribution < -0.4 is 5.73 Å². The first kappa shape index (κ1) is 18.7. The number of carbonyl (C=O) groups is 1. The smallest absolute Gasteiger partial charge is 0.352 e. The van der Waals surface area contributed by atoms with Crippen molar-refractivity contribution >= 4 is 29.8 Å². The summed E-state index contributed by atoms with van der Waals surface area (Å²) in [5.41, 5.74) is 5.41. The lowest BCUT2D eigenvalue weighted by Crippen LogP contribution is -2.49. The Hall–Kier alpha value is -2.09. The summed E-state index contributed by atoms with van der Waals surface area (Å²) in [7, 11) is 1.66. The molecule has 142 valence electrons. The standard InChI is InChI=1S/C14H21N7O5/c1-20(25-4-2-3-15)5-7-9(22)10(23)13(26-7)21-12-8(19-14(21)24)11(16)17-6-18-12/h6-7,9-10,13,16,22-23H,2-5,15H2,1H3/t7-,9-,10-,13-/m1/s1. The fourth-order valence-electron chi connectivity index (χ4n) is 2.82. The molecule has 1 fully saturated rings. The molecule has 0 bridgehead atoms. The molecule has 12 heteroatoms. The maximum absolute atomic E-state index is 12.2. The van der Waals surface area contributed by atoms with E-state index in [-0.39, 0.29) is 23.9 Å². The van der Waals surface area contributed by atoms with Gasteiger partial charge in [0.15, 0.2) is 23.6 Å². The number of nitrogens with two attached hydrogens (primary N) is 1. The van der Waals surface area contributed by atoms with E-state index >= 15 is 0 Å². The number of rotatable bonds is 7. The summed E-state index contributed by atoms with van der Waals surface area (Å²) in [5, 5.41) is 29.8. The number of nitrogens with one attached hydrogen (secondary N) is 1. The predicted molar refractivity (Wildman–Crippen MR) is 91.3 cm³/mol. The molecule has 3 aliphatic heterocycles. The van der Waals surface area contributed by atoms with E-state index in [9.17, 15) is 15.0 Å². The summed E-state index contributed by atoms with van der Waals surface area (Å²) in [6.45, 7) is 1.08. The van der Waals surface area contributed by atoms with E-state index in [0.29, 0.717) is 19.6 Å². The van der Waals surface area contributed by atoms with Crippen LogP contribution in [-0.2, 0) is 9.57 Å². The number of aliphatic hydroxyl groups excluding tert-OH is 2. The topological polar surface area (TPSA) is 169 Å². The van der Waals surface area contributed by atoms with Crippen LogP contribution in [0.3, 0.4) is 0 Å². The largest absolute Gasteiger partial charge is 0.387 e. The Morgan fingerprint density at radius 1 is 1.46 bits per heavy atom. The van der Waals surface area contributed by atoms with Crippen LogP contribution >= 0.6 is 0 Å². The third kappa shape index (κ3) is 3.42. The summed E-state index contributed by atoms with van der Waals surface area (Å²) in [4.78, 5) is 30.0. The molecule has 4 atom stereocenters. The lowest BCUT2D eigenvalue weighted by atomic mass is 10.1. The third-order valence-electron chi connectivity index (χ3n) is 4.13. The van der Waals surface area contributed by atoms with Gasteiger partial charge in [0.05, 0.1) is 13.2 Å². The summed E-state index contributed by atoms with van der Waals surface area (Å²) in [6.07, 6.45) is -2.79. The molecule has 0 aliphatic carbocycles. The summed E-state index contributed by atoms with van der Waals surface area (Å²) < 4.78 is 5.69. The van der Waals surface area contributed by atoms with Gasteiger partial charge in [-0.15, -0.1) is 0 Å². The molecule has 0 radical (unpaired) electrons. The van der Waals surface area contributed by atoms with Crippen LogP contribution in [0.15, 0.2) is 15.0 Å². The number of amides is 2. The lowest BCUT2D eigenvalue weighted by molar-refractivity contribution is -0.168. The summed E-state index contributed by atoms with van der Waals surface area (Å²) >= 11 is 0. The molecule has 0 saturated carbocycles. The number of hydroxylamine groups is 2. The zero-order valence-electron chi connectivity index (χ0n) is 14.1. The highest BCUT2D eigenvalue weighted by molar-refractivity contribution is 6.72. The molecular formula is C14H21N7O5. The first-order valence-corrected chi connectivity index (χ1v) is 8.11. The maximum atomic E-state index is 12.2. The number of hydrogen-bond donors (Lipinski definition) is 4. The number of hydrogen-bond acceptors (Lipinski definition) is 9. The number of aliphatic hydroxyl groups is 2. The van der Waals surface area contributed by atoms with E-state index in [1.54, 1.807) is 7.05 Å². The van der Waals surface area contributed by atoms with Gasteiger partial charge in [0.2, 0.25) is 0 Å². The Balaban J connectivity index is 1.68. The zero-order chi connectivity index (χ0) is 18.8. The molecule has 12 nitrogen and oxygen atoms in total. The van der Waals surface area contributed by atoms with Gasteiger partial charge in [-0.3, -0.25) is 10.2 Å². The number of urea groups is 1. The van der Waals surface area contributed by atoms with E-state index in [4.69, 9.17) is 20.7 Å². The van der Waals surface area contributed by atoms with Crippen LogP contribution in [0, 0.1) is 5.41 Å². The Bertz CT molecular complexity index is 679. The van der Waals surface area contributed by atoms with Gasteiger partial charge in [-0.1, -0.05) is 0 Å². The molecular weight excluding hydrogens is 346 g/mol. The molecule has 3 aliphatic rings. The molecule has 2 amide bonds. The Labute approximate surface area is 149 Å². The van der Waals surface area contributed by atoms with Gasteiger partial charge in [-0.05, 0) is 13.0 Å². The highest BCUT2D eigenvalue weighted by Gasteiger charge is 2.51. The second-order valence-corrected chi connectivity index (χ2v) is 5.99. The van der Waals surface area contributed by atoms with Crippen LogP contribution in [-0.4, -0.2) is 101 Å². The van der Waals surface area contributed by atoms with Crippen molar-refractivity contribution in [3.63, 3.8) is 0 Å². The van der Waals surface area contributed by atoms with Gasteiger partial charge in [-0.2, -0.15) is 10.1 Å². The number of likely N-dealkylation sites (N-methyl/N-ethyl adjacent to an activating group) is 1. The van der Waals surface area contributed by atoms with E-state index < -0.39 is 30.6 Å². The molecule has 0 unspecified atom stereocenters. The van der Waals surface area contributed by atoms with E-state index in [1.165, 1.54) is 5.06 Å². The van der Waals surface area contributed by atoms with E-state index in [0.717, 1.165) is 11.2 Å². The number of nitrogens with zero attached hydrogens (tertiary/aromatic N) is 5. The van der Waals surface area contributed by atoms with Gasteiger partial charge in [0.25, 0.3) is 0 Å². The second-order valence-electron chi connectivity index (χ2n) is 5.99. The van der Waals surface area contributed by atoms with Crippen LogP contribution in [0.2, 0.25) is 0 Å². The van der Waals surface area contributed by atoms with Crippen LogP contribution in [0.5, 0.6) is 0 Å². The second kappa shape index (κ2) is 7.65. The summed E-state index contributed by atoms with van der Waals surface area (Å²) in [5.74, 6) is -0.136.